The average Bonchev–Trinajstić information content (AvgIpc) is 3.27. The van der Waals surface area contributed by atoms with Crippen molar-refractivity contribution in [1.29, 1.82) is 0 Å². The molecular weight excluding hydrogens is 292 g/mol. The van der Waals surface area contributed by atoms with Gasteiger partial charge < -0.3 is 9.64 Å². The van der Waals surface area contributed by atoms with Crippen molar-refractivity contribution in [1.82, 2.24) is 4.72 Å². The van der Waals surface area contributed by atoms with E-state index in [-0.39, 0.29) is 23.3 Å². The highest BCUT2D eigenvalue weighted by Gasteiger charge is 2.27. The lowest BCUT2D eigenvalue weighted by atomic mass is 10.3. The Morgan fingerprint density at radius 3 is 2.48 bits per heavy atom. The van der Waals surface area contributed by atoms with Gasteiger partial charge in [-0.3, -0.25) is 4.79 Å². The number of benzene rings is 1. The van der Waals surface area contributed by atoms with E-state index in [0.29, 0.717) is 6.54 Å². The smallest absolute Gasteiger partial charge is 0.307 e. The molecule has 0 unspecified atom stereocenters. The molecule has 0 atom stereocenters. The first-order chi connectivity index (χ1) is 9.92. The van der Waals surface area contributed by atoms with Crippen LogP contribution in [0.4, 0.5) is 5.69 Å². The third-order valence-electron chi connectivity index (χ3n) is 3.37. The number of esters is 1. The lowest BCUT2D eigenvalue weighted by Crippen LogP contribution is -2.26. The second-order valence-electron chi connectivity index (χ2n) is 5.14. The molecule has 0 radical (unpaired) electrons. The van der Waals surface area contributed by atoms with E-state index in [1.165, 1.54) is 7.11 Å². The standard InChI is InChI=1S/C14H20N2O4S/c1-16(10-9-14(17)20-2)12-5-7-13(8-6-12)21(18,19)15-11-3-4-11/h5-8,11,15H,3-4,9-10H2,1-2H3. The zero-order valence-electron chi connectivity index (χ0n) is 12.2. The Morgan fingerprint density at radius 2 is 1.95 bits per heavy atom. The Hall–Kier alpha value is -1.60. The third kappa shape index (κ3) is 4.44. The van der Waals surface area contributed by atoms with Crippen LogP contribution in [0.25, 0.3) is 0 Å². The Bertz CT molecular complexity index is 594. The van der Waals surface area contributed by atoms with Gasteiger partial charge in [0.1, 0.15) is 0 Å². The van der Waals surface area contributed by atoms with Gasteiger partial charge in [-0.25, -0.2) is 13.1 Å². The summed E-state index contributed by atoms with van der Waals surface area (Å²) >= 11 is 0. The second-order valence-corrected chi connectivity index (χ2v) is 6.85. The lowest BCUT2D eigenvalue weighted by Gasteiger charge is -2.19. The molecule has 0 bridgehead atoms. The largest absolute Gasteiger partial charge is 0.469 e. The molecule has 0 aromatic heterocycles. The van der Waals surface area contributed by atoms with Crippen LogP contribution in [-0.4, -0.2) is 41.1 Å². The maximum atomic E-state index is 12.0. The fourth-order valence-corrected chi connectivity index (χ4v) is 3.16. The number of sulfonamides is 1. The summed E-state index contributed by atoms with van der Waals surface area (Å²) in [6, 6.07) is 6.72. The number of carbonyl (C=O) groups excluding carboxylic acids is 1. The molecule has 1 aliphatic carbocycles. The number of nitrogens with one attached hydrogen (secondary N) is 1. The zero-order valence-corrected chi connectivity index (χ0v) is 13.0. The van der Waals surface area contributed by atoms with E-state index in [4.69, 9.17) is 0 Å². The lowest BCUT2D eigenvalue weighted by molar-refractivity contribution is -0.140. The van der Waals surface area contributed by atoms with Gasteiger partial charge in [0.15, 0.2) is 0 Å². The highest BCUT2D eigenvalue weighted by Crippen LogP contribution is 2.23. The van der Waals surface area contributed by atoms with Gasteiger partial charge in [-0.2, -0.15) is 0 Å². The summed E-state index contributed by atoms with van der Waals surface area (Å²) in [6.07, 6.45) is 2.11. The van der Waals surface area contributed by atoms with Crippen LogP contribution < -0.4 is 9.62 Å². The van der Waals surface area contributed by atoms with E-state index in [9.17, 15) is 13.2 Å². The number of ether oxygens (including phenoxy) is 1. The number of anilines is 1. The molecular formula is C14H20N2O4S. The van der Waals surface area contributed by atoms with E-state index in [1.807, 2.05) is 11.9 Å². The molecule has 1 fully saturated rings. The monoisotopic (exact) mass is 312 g/mol. The van der Waals surface area contributed by atoms with Gasteiger partial charge in [0.25, 0.3) is 0 Å². The van der Waals surface area contributed by atoms with E-state index < -0.39 is 10.0 Å². The first kappa shape index (κ1) is 15.8. The normalized spacial score (nSPS) is 14.8. The Kier molecular flexibility index (Phi) is 4.84. The van der Waals surface area contributed by atoms with Gasteiger partial charge in [0.05, 0.1) is 18.4 Å². The molecule has 1 N–H and O–H groups in total. The molecule has 0 spiro atoms. The average molecular weight is 312 g/mol. The summed E-state index contributed by atoms with van der Waals surface area (Å²) in [5.74, 6) is -0.269. The quantitative estimate of drug-likeness (QED) is 0.764. The van der Waals surface area contributed by atoms with Gasteiger partial charge in [-0.1, -0.05) is 0 Å². The minimum Gasteiger partial charge on any atom is -0.469 e. The first-order valence-electron chi connectivity index (χ1n) is 6.83. The Morgan fingerprint density at radius 1 is 1.33 bits per heavy atom. The SMILES string of the molecule is COC(=O)CCN(C)c1ccc(S(=O)(=O)NC2CC2)cc1. The third-order valence-corrected chi connectivity index (χ3v) is 4.90. The fourth-order valence-electron chi connectivity index (χ4n) is 1.86. The van der Waals surface area contributed by atoms with Crippen molar-refractivity contribution >= 4 is 21.7 Å². The van der Waals surface area contributed by atoms with Crippen LogP contribution in [0.3, 0.4) is 0 Å². The molecule has 0 aliphatic heterocycles. The van der Waals surface area contributed by atoms with Crippen molar-refractivity contribution in [2.24, 2.45) is 0 Å². The minimum atomic E-state index is -3.41. The van der Waals surface area contributed by atoms with E-state index in [2.05, 4.69) is 9.46 Å². The van der Waals surface area contributed by atoms with Crippen LogP contribution in [0.1, 0.15) is 19.3 Å². The number of carbonyl (C=O) groups is 1. The van der Waals surface area contributed by atoms with E-state index >= 15 is 0 Å². The predicted octanol–water partition coefficient (Wildman–Crippen LogP) is 1.13. The molecule has 0 heterocycles. The van der Waals surface area contributed by atoms with Crippen molar-refractivity contribution in [2.75, 3.05) is 25.6 Å². The predicted molar refractivity (Wildman–Crippen MR) is 79.7 cm³/mol. The fraction of sp³-hybridized carbons (Fsp3) is 0.500. The number of hydrogen-bond donors (Lipinski definition) is 1. The van der Waals surface area contributed by atoms with Crippen molar-refractivity contribution in [3.05, 3.63) is 24.3 Å². The van der Waals surface area contributed by atoms with E-state index in [0.717, 1.165) is 18.5 Å². The first-order valence-corrected chi connectivity index (χ1v) is 8.31. The summed E-state index contributed by atoms with van der Waals surface area (Å²) in [4.78, 5) is 13.2. The molecule has 0 saturated heterocycles. The molecule has 1 aliphatic rings. The van der Waals surface area contributed by atoms with Crippen LogP contribution in [-0.2, 0) is 19.6 Å². The summed E-state index contributed by atoms with van der Waals surface area (Å²) in [5, 5.41) is 0. The zero-order chi connectivity index (χ0) is 15.5. The van der Waals surface area contributed by atoms with Gasteiger partial charge in [0, 0.05) is 25.3 Å². The molecule has 1 aromatic carbocycles. The van der Waals surface area contributed by atoms with Crippen LogP contribution in [0.5, 0.6) is 0 Å². The molecule has 2 rings (SSSR count). The molecule has 116 valence electrons. The number of methoxy groups -OCH3 is 1. The summed E-state index contributed by atoms with van der Waals surface area (Å²) < 4.78 is 31.3. The van der Waals surface area contributed by atoms with Crippen molar-refractivity contribution in [2.45, 2.75) is 30.2 Å². The molecule has 6 nitrogen and oxygen atoms in total. The Balaban J connectivity index is 1.99. The summed E-state index contributed by atoms with van der Waals surface area (Å²) in [7, 11) is -0.214. The number of nitrogens with zero attached hydrogens (tertiary/aromatic N) is 1. The Labute approximate surface area is 125 Å². The second kappa shape index (κ2) is 6.44. The minimum absolute atomic E-state index is 0.0948. The molecule has 7 heteroatoms. The van der Waals surface area contributed by atoms with Crippen LogP contribution in [0, 0.1) is 0 Å². The summed E-state index contributed by atoms with van der Waals surface area (Å²) in [6.45, 7) is 0.513. The van der Waals surface area contributed by atoms with Gasteiger partial charge >= 0.3 is 5.97 Å². The molecule has 1 aromatic rings. The topological polar surface area (TPSA) is 75.7 Å². The van der Waals surface area contributed by atoms with E-state index in [1.54, 1.807) is 24.3 Å². The van der Waals surface area contributed by atoms with Crippen LogP contribution >= 0.6 is 0 Å². The molecule has 1 saturated carbocycles. The highest BCUT2D eigenvalue weighted by atomic mass is 32.2. The summed E-state index contributed by atoms with van der Waals surface area (Å²) in [5.41, 5.74) is 0.851. The van der Waals surface area contributed by atoms with Gasteiger partial charge in [-0.05, 0) is 37.1 Å². The van der Waals surface area contributed by atoms with Crippen LogP contribution in [0.15, 0.2) is 29.2 Å². The van der Waals surface area contributed by atoms with Crippen molar-refractivity contribution in [3.8, 4) is 0 Å². The van der Waals surface area contributed by atoms with Gasteiger partial charge in [-0.15, -0.1) is 0 Å². The van der Waals surface area contributed by atoms with Gasteiger partial charge in [0.2, 0.25) is 10.0 Å². The number of hydrogen-bond acceptors (Lipinski definition) is 5. The maximum absolute atomic E-state index is 12.0. The van der Waals surface area contributed by atoms with Crippen LogP contribution in [0.2, 0.25) is 0 Å². The highest BCUT2D eigenvalue weighted by molar-refractivity contribution is 7.89. The van der Waals surface area contributed by atoms with Crippen molar-refractivity contribution in [3.63, 3.8) is 0 Å². The molecule has 21 heavy (non-hydrogen) atoms. The maximum Gasteiger partial charge on any atom is 0.307 e. The number of rotatable bonds is 7. The van der Waals surface area contributed by atoms with Crippen molar-refractivity contribution < 1.29 is 17.9 Å². The molecule has 0 amide bonds.